The molecular formula is C13H16BrFO2. The lowest BCUT2D eigenvalue weighted by molar-refractivity contribution is -0.0320. The van der Waals surface area contributed by atoms with Gasteiger partial charge in [-0.2, -0.15) is 0 Å². The van der Waals surface area contributed by atoms with E-state index in [9.17, 15) is 9.50 Å². The van der Waals surface area contributed by atoms with Crippen molar-refractivity contribution in [2.45, 2.75) is 19.4 Å². The molecule has 0 spiro atoms. The SMILES string of the molecule is CC1COCCC1C(O)c1cccc(Br)c1F. The summed E-state index contributed by atoms with van der Waals surface area (Å²) in [6.45, 7) is 3.31. The molecule has 1 aliphatic heterocycles. The van der Waals surface area contributed by atoms with Crippen molar-refractivity contribution >= 4 is 15.9 Å². The van der Waals surface area contributed by atoms with Gasteiger partial charge in [0.05, 0.1) is 10.6 Å². The Morgan fingerprint density at radius 3 is 3.00 bits per heavy atom. The van der Waals surface area contributed by atoms with E-state index in [-0.39, 0.29) is 17.7 Å². The molecule has 0 aliphatic carbocycles. The van der Waals surface area contributed by atoms with Crippen LogP contribution in [0.25, 0.3) is 0 Å². The summed E-state index contributed by atoms with van der Waals surface area (Å²) in [5.74, 6) is -0.0524. The molecule has 3 atom stereocenters. The number of aliphatic hydroxyl groups is 1. The number of hydrogen-bond acceptors (Lipinski definition) is 2. The minimum Gasteiger partial charge on any atom is -0.388 e. The van der Waals surface area contributed by atoms with Crippen molar-refractivity contribution in [3.63, 3.8) is 0 Å². The molecule has 0 aromatic heterocycles. The molecule has 1 N–H and O–H groups in total. The molecule has 0 bridgehead atoms. The minimum absolute atomic E-state index is 0.0625. The van der Waals surface area contributed by atoms with E-state index in [1.807, 2.05) is 6.92 Å². The molecule has 1 aromatic carbocycles. The van der Waals surface area contributed by atoms with Crippen molar-refractivity contribution in [2.75, 3.05) is 13.2 Å². The van der Waals surface area contributed by atoms with Crippen LogP contribution in [0.1, 0.15) is 25.0 Å². The molecule has 17 heavy (non-hydrogen) atoms. The van der Waals surface area contributed by atoms with E-state index in [4.69, 9.17) is 4.74 Å². The number of hydrogen-bond donors (Lipinski definition) is 1. The number of halogens is 2. The first-order valence-electron chi connectivity index (χ1n) is 5.81. The van der Waals surface area contributed by atoms with Crippen LogP contribution in [0.15, 0.2) is 22.7 Å². The zero-order chi connectivity index (χ0) is 12.4. The van der Waals surface area contributed by atoms with Crippen LogP contribution in [0.2, 0.25) is 0 Å². The lowest BCUT2D eigenvalue weighted by atomic mass is 9.82. The van der Waals surface area contributed by atoms with Gasteiger partial charge in [0.25, 0.3) is 0 Å². The molecule has 94 valence electrons. The number of aliphatic hydroxyl groups excluding tert-OH is 1. The van der Waals surface area contributed by atoms with Gasteiger partial charge >= 0.3 is 0 Å². The molecular weight excluding hydrogens is 287 g/mol. The lowest BCUT2D eigenvalue weighted by Crippen LogP contribution is -2.30. The minimum atomic E-state index is -0.758. The van der Waals surface area contributed by atoms with Crippen LogP contribution in [0.5, 0.6) is 0 Å². The van der Waals surface area contributed by atoms with E-state index in [0.29, 0.717) is 23.2 Å². The Morgan fingerprint density at radius 2 is 2.29 bits per heavy atom. The fourth-order valence-corrected chi connectivity index (χ4v) is 2.73. The summed E-state index contributed by atoms with van der Waals surface area (Å²) in [4.78, 5) is 0. The summed E-state index contributed by atoms with van der Waals surface area (Å²) in [7, 11) is 0. The van der Waals surface area contributed by atoms with Crippen molar-refractivity contribution in [3.8, 4) is 0 Å². The maximum absolute atomic E-state index is 13.9. The molecule has 4 heteroatoms. The topological polar surface area (TPSA) is 29.5 Å². The highest BCUT2D eigenvalue weighted by molar-refractivity contribution is 9.10. The van der Waals surface area contributed by atoms with Crippen molar-refractivity contribution in [2.24, 2.45) is 11.8 Å². The Morgan fingerprint density at radius 1 is 1.53 bits per heavy atom. The summed E-state index contributed by atoms with van der Waals surface area (Å²) in [5, 5.41) is 10.3. The van der Waals surface area contributed by atoms with Crippen molar-refractivity contribution in [1.29, 1.82) is 0 Å². The third-order valence-electron chi connectivity index (χ3n) is 3.41. The van der Waals surface area contributed by atoms with E-state index in [2.05, 4.69) is 15.9 Å². The van der Waals surface area contributed by atoms with E-state index in [1.165, 1.54) is 0 Å². The highest BCUT2D eigenvalue weighted by atomic mass is 79.9. The Balaban J connectivity index is 2.23. The fraction of sp³-hybridized carbons (Fsp3) is 0.538. The zero-order valence-electron chi connectivity index (χ0n) is 9.70. The summed E-state index contributed by atoms with van der Waals surface area (Å²) in [6, 6.07) is 5.03. The molecule has 1 heterocycles. The van der Waals surface area contributed by atoms with Gasteiger partial charge in [0.2, 0.25) is 0 Å². The molecule has 0 saturated carbocycles. The van der Waals surface area contributed by atoms with E-state index in [0.717, 1.165) is 6.42 Å². The van der Waals surface area contributed by atoms with Gasteiger partial charge in [-0.3, -0.25) is 0 Å². The maximum Gasteiger partial charge on any atom is 0.143 e. The van der Waals surface area contributed by atoms with Gasteiger partial charge in [0.15, 0.2) is 0 Å². The normalized spacial score (nSPS) is 26.8. The van der Waals surface area contributed by atoms with Crippen LogP contribution >= 0.6 is 15.9 Å². The molecule has 1 fully saturated rings. The van der Waals surface area contributed by atoms with Crippen LogP contribution in [0.4, 0.5) is 4.39 Å². The van der Waals surface area contributed by atoms with Gasteiger partial charge < -0.3 is 9.84 Å². The fourth-order valence-electron chi connectivity index (χ4n) is 2.35. The first-order valence-corrected chi connectivity index (χ1v) is 6.60. The van der Waals surface area contributed by atoms with E-state index in [1.54, 1.807) is 18.2 Å². The van der Waals surface area contributed by atoms with Gasteiger partial charge in [-0.05, 0) is 40.3 Å². The van der Waals surface area contributed by atoms with Gasteiger partial charge in [-0.15, -0.1) is 0 Å². The van der Waals surface area contributed by atoms with Crippen LogP contribution in [-0.2, 0) is 4.74 Å². The number of ether oxygens (including phenoxy) is 1. The predicted molar refractivity (Wildman–Crippen MR) is 67.1 cm³/mol. The molecule has 0 radical (unpaired) electrons. The highest BCUT2D eigenvalue weighted by Crippen LogP contribution is 2.35. The van der Waals surface area contributed by atoms with Gasteiger partial charge in [-0.1, -0.05) is 19.1 Å². The highest BCUT2D eigenvalue weighted by Gasteiger charge is 2.31. The second-order valence-electron chi connectivity index (χ2n) is 4.59. The van der Waals surface area contributed by atoms with Crippen LogP contribution in [0, 0.1) is 17.7 Å². The second kappa shape index (κ2) is 5.46. The van der Waals surface area contributed by atoms with E-state index >= 15 is 0 Å². The van der Waals surface area contributed by atoms with Crippen molar-refractivity contribution in [3.05, 3.63) is 34.1 Å². The summed E-state index contributed by atoms with van der Waals surface area (Å²) >= 11 is 3.14. The van der Waals surface area contributed by atoms with Crippen LogP contribution < -0.4 is 0 Å². The van der Waals surface area contributed by atoms with Crippen LogP contribution in [0.3, 0.4) is 0 Å². The zero-order valence-corrected chi connectivity index (χ0v) is 11.3. The quantitative estimate of drug-likeness (QED) is 0.908. The molecule has 1 aromatic rings. The molecule has 1 aliphatic rings. The molecule has 2 nitrogen and oxygen atoms in total. The standard InChI is InChI=1S/C13H16BrFO2/c1-8-7-17-6-5-9(8)13(16)10-3-2-4-11(14)12(10)15/h2-4,8-9,13,16H,5-7H2,1H3. The lowest BCUT2D eigenvalue weighted by Gasteiger charge is -2.32. The van der Waals surface area contributed by atoms with Crippen molar-refractivity contribution in [1.82, 2.24) is 0 Å². The third-order valence-corrected chi connectivity index (χ3v) is 4.03. The summed E-state index contributed by atoms with van der Waals surface area (Å²) in [6.07, 6.45) is 0.0141. The monoisotopic (exact) mass is 302 g/mol. The summed E-state index contributed by atoms with van der Waals surface area (Å²) < 4.78 is 19.6. The number of benzene rings is 1. The number of rotatable bonds is 2. The smallest absolute Gasteiger partial charge is 0.143 e. The Kier molecular flexibility index (Phi) is 4.17. The Bertz CT molecular complexity index is 397. The van der Waals surface area contributed by atoms with Crippen LogP contribution in [-0.4, -0.2) is 18.3 Å². The van der Waals surface area contributed by atoms with Crippen molar-refractivity contribution < 1.29 is 14.2 Å². The molecule has 1 saturated heterocycles. The summed E-state index contributed by atoms with van der Waals surface area (Å²) in [5.41, 5.74) is 0.373. The first kappa shape index (κ1) is 13.0. The predicted octanol–water partition coefficient (Wildman–Crippen LogP) is 3.29. The average Bonchev–Trinajstić information content (AvgIpc) is 2.32. The Labute approximate surface area is 109 Å². The molecule has 3 unspecified atom stereocenters. The van der Waals surface area contributed by atoms with E-state index < -0.39 is 6.10 Å². The Hall–Kier alpha value is -0.450. The van der Waals surface area contributed by atoms with Gasteiger partial charge in [0.1, 0.15) is 5.82 Å². The largest absolute Gasteiger partial charge is 0.388 e. The van der Waals surface area contributed by atoms with Gasteiger partial charge in [0, 0.05) is 18.8 Å². The second-order valence-corrected chi connectivity index (χ2v) is 5.45. The van der Waals surface area contributed by atoms with Gasteiger partial charge in [-0.25, -0.2) is 4.39 Å². The average molecular weight is 303 g/mol. The third kappa shape index (κ3) is 2.69. The molecule has 2 rings (SSSR count). The maximum atomic E-state index is 13.9. The molecule has 0 amide bonds. The first-order chi connectivity index (χ1) is 8.11.